The first-order valence-electron chi connectivity index (χ1n) is 9.48. The van der Waals surface area contributed by atoms with E-state index in [2.05, 4.69) is 43.3 Å². The van der Waals surface area contributed by atoms with Crippen LogP contribution in [0, 0.1) is 5.92 Å². The highest BCUT2D eigenvalue weighted by molar-refractivity contribution is 5.86. The van der Waals surface area contributed by atoms with Gasteiger partial charge in [-0.05, 0) is 47.6 Å². The lowest BCUT2D eigenvalue weighted by molar-refractivity contribution is -0.123. The summed E-state index contributed by atoms with van der Waals surface area (Å²) in [5, 5.41) is 0. The number of hydrogen-bond donors (Lipinski definition) is 0. The fraction of sp³-hybridized carbons (Fsp3) is 0.435. The van der Waals surface area contributed by atoms with Crippen LogP contribution in [0.4, 0.5) is 0 Å². The predicted molar refractivity (Wildman–Crippen MR) is 103 cm³/mol. The zero-order valence-electron chi connectivity index (χ0n) is 15.3. The molecule has 0 radical (unpaired) electrons. The van der Waals surface area contributed by atoms with Crippen LogP contribution in [0.3, 0.4) is 0 Å². The van der Waals surface area contributed by atoms with Crippen molar-refractivity contribution in [3.63, 3.8) is 0 Å². The molecule has 2 nitrogen and oxygen atoms in total. The molecule has 0 bridgehead atoms. The summed E-state index contributed by atoms with van der Waals surface area (Å²) in [5.41, 5.74) is 3.52. The van der Waals surface area contributed by atoms with Crippen molar-refractivity contribution in [3.8, 4) is 16.9 Å². The lowest BCUT2D eigenvalue weighted by Gasteiger charge is -2.27. The normalized spacial score (nSPS) is 20.5. The van der Waals surface area contributed by atoms with E-state index in [1.165, 1.54) is 42.4 Å². The number of carbonyl (C=O) groups is 1. The number of rotatable bonds is 6. The topological polar surface area (TPSA) is 26.3 Å². The van der Waals surface area contributed by atoms with Gasteiger partial charge in [-0.3, -0.25) is 4.79 Å². The van der Waals surface area contributed by atoms with Gasteiger partial charge in [-0.25, -0.2) is 0 Å². The van der Waals surface area contributed by atoms with Gasteiger partial charge in [0.2, 0.25) is 0 Å². The molecule has 1 aliphatic rings. The van der Waals surface area contributed by atoms with Gasteiger partial charge in [-0.1, -0.05) is 62.6 Å². The first-order chi connectivity index (χ1) is 12.2. The third-order valence-electron chi connectivity index (χ3n) is 5.44. The van der Waals surface area contributed by atoms with E-state index in [1.807, 2.05) is 12.1 Å². The van der Waals surface area contributed by atoms with E-state index >= 15 is 0 Å². The summed E-state index contributed by atoms with van der Waals surface area (Å²) in [6, 6.07) is 16.6. The van der Waals surface area contributed by atoms with E-state index in [-0.39, 0.29) is 5.92 Å². The third-order valence-corrected chi connectivity index (χ3v) is 5.44. The van der Waals surface area contributed by atoms with Crippen molar-refractivity contribution in [2.75, 3.05) is 7.11 Å². The van der Waals surface area contributed by atoms with Crippen LogP contribution in [0.25, 0.3) is 11.1 Å². The van der Waals surface area contributed by atoms with Crippen LogP contribution in [0.2, 0.25) is 0 Å². The zero-order chi connectivity index (χ0) is 17.6. The quantitative estimate of drug-likeness (QED) is 0.646. The Hall–Kier alpha value is -2.09. The van der Waals surface area contributed by atoms with E-state index in [1.54, 1.807) is 7.11 Å². The molecular weight excluding hydrogens is 308 g/mol. The highest BCUT2D eigenvalue weighted by Crippen LogP contribution is 2.36. The molecule has 0 unspecified atom stereocenters. The lowest BCUT2D eigenvalue weighted by atomic mass is 9.76. The molecule has 1 aliphatic carbocycles. The minimum Gasteiger partial charge on any atom is -0.497 e. The molecule has 132 valence electrons. The number of unbranched alkanes of at least 4 members (excludes halogenated alkanes) is 1. The number of ether oxygens (including phenoxy) is 1. The Morgan fingerprint density at radius 3 is 2.16 bits per heavy atom. The van der Waals surface area contributed by atoms with E-state index in [0.29, 0.717) is 11.7 Å². The number of carbonyl (C=O) groups excluding carboxylic acids is 1. The van der Waals surface area contributed by atoms with Crippen LogP contribution < -0.4 is 4.74 Å². The molecule has 0 N–H and O–H groups in total. The number of ketones is 1. The van der Waals surface area contributed by atoms with Gasteiger partial charge in [0.05, 0.1) is 7.11 Å². The van der Waals surface area contributed by atoms with Gasteiger partial charge in [0.15, 0.2) is 0 Å². The Balaban J connectivity index is 1.67. The van der Waals surface area contributed by atoms with Crippen LogP contribution in [-0.4, -0.2) is 12.9 Å². The Bertz CT molecular complexity index is 685. The molecule has 0 aliphatic heterocycles. The first kappa shape index (κ1) is 17.7. The summed E-state index contributed by atoms with van der Waals surface area (Å²) in [5.74, 6) is 2.01. The van der Waals surface area contributed by atoms with Gasteiger partial charge in [-0.15, -0.1) is 0 Å². The number of hydrogen-bond acceptors (Lipinski definition) is 2. The SMILES string of the molecule is CCCC[C@H]1CC[C@H](c2ccc(-c3ccc(OC)cc3)cc2)C(=O)C1. The van der Waals surface area contributed by atoms with Gasteiger partial charge in [0, 0.05) is 12.3 Å². The van der Waals surface area contributed by atoms with Crippen LogP contribution in [0.5, 0.6) is 5.75 Å². The number of methoxy groups -OCH3 is 1. The summed E-state index contributed by atoms with van der Waals surface area (Å²) in [7, 11) is 1.68. The molecular formula is C23H28O2. The van der Waals surface area contributed by atoms with Gasteiger partial charge < -0.3 is 4.74 Å². The van der Waals surface area contributed by atoms with Crippen LogP contribution >= 0.6 is 0 Å². The first-order valence-corrected chi connectivity index (χ1v) is 9.48. The second-order valence-corrected chi connectivity index (χ2v) is 7.16. The van der Waals surface area contributed by atoms with Gasteiger partial charge in [0.25, 0.3) is 0 Å². The van der Waals surface area contributed by atoms with Crippen molar-refractivity contribution in [2.45, 2.75) is 51.4 Å². The summed E-state index contributed by atoms with van der Waals surface area (Å²) >= 11 is 0. The maximum Gasteiger partial charge on any atom is 0.140 e. The molecule has 0 saturated heterocycles. The highest BCUT2D eigenvalue weighted by Gasteiger charge is 2.29. The molecule has 2 aromatic carbocycles. The van der Waals surface area contributed by atoms with Gasteiger partial charge >= 0.3 is 0 Å². The van der Waals surface area contributed by atoms with Gasteiger partial charge in [-0.2, -0.15) is 0 Å². The molecule has 1 saturated carbocycles. The van der Waals surface area contributed by atoms with Crippen molar-refractivity contribution < 1.29 is 9.53 Å². The maximum absolute atomic E-state index is 12.6. The maximum atomic E-state index is 12.6. The molecule has 25 heavy (non-hydrogen) atoms. The number of Topliss-reactive ketones (excluding diaryl/α,β-unsaturated/α-hetero) is 1. The Labute approximate surface area is 151 Å². The molecule has 2 atom stereocenters. The largest absolute Gasteiger partial charge is 0.497 e. The standard InChI is InChI=1S/C23H28O2/c1-3-4-5-17-6-15-22(23(24)16-17)20-9-7-18(8-10-20)19-11-13-21(25-2)14-12-19/h7-14,17,22H,3-6,15-16H2,1-2H3/t17-,22+/m0/s1. The number of benzene rings is 2. The van der Waals surface area contributed by atoms with Crippen molar-refractivity contribution >= 4 is 5.78 Å². The molecule has 2 aromatic rings. The lowest BCUT2D eigenvalue weighted by Crippen LogP contribution is -2.23. The Morgan fingerprint density at radius 1 is 0.960 bits per heavy atom. The minimum absolute atomic E-state index is 0.0998. The van der Waals surface area contributed by atoms with Crippen molar-refractivity contribution in [1.82, 2.24) is 0 Å². The summed E-state index contributed by atoms with van der Waals surface area (Å²) in [4.78, 5) is 12.6. The highest BCUT2D eigenvalue weighted by atomic mass is 16.5. The summed E-state index contributed by atoms with van der Waals surface area (Å²) in [6.45, 7) is 2.22. The minimum atomic E-state index is 0.0998. The predicted octanol–water partition coefficient (Wildman–Crippen LogP) is 6.01. The van der Waals surface area contributed by atoms with E-state index < -0.39 is 0 Å². The fourth-order valence-electron chi connectivity index (χ4n) is 3.88. The monoisotopic (exact) mass is 336 g/mol. The third kappa shape index (κ3) is 4.31. The average molecular weight is 336 g/mol. The second kappa shape index (κ2) is 8.33. The zero-order valence-corrected chi connectivity index (χ0v) is 15.3. The average Bonchev–Trinajstić information content (AvgIpc) is 2.67. The molecule has 0 heterocycles. The molecule has 2 heteroatoms. The van der Waals surface area contributed by atoms with Crippen LogP contribution in [0.1, 0.15) is 56.9 Å². The van der Waals surface area contributed by atoms with Crippen LogP contribution in [-0.2, 0) is 4.79 Å². The van der Waals surface area contributed by atoms with Gasteiger partial charge in [0.1, 0.15) is 11.5 Å². The molecule has 1 fully saturated rings. The van der Waals surface area contributed by atoms with E-state index in [0.717, 1.165) is 18.6 Å². The smallest absolute Gasteiger partial charge is 0.140 e. The molecule has 0 amide bonds. The molecule has 0 spiro atoms. The van der Waals surface area contributed by atoms with Crippen molar-refractivity contribution in [2.24, 2.45) is 5.92 Å². The molecule has 0 aromatic heterocycles. The molecule has 3 rings (SSSR count). The summed E-state index contributed by atoms with van der Waals surface area (Å²) < 4.78 is 5.21. The second-order valence-electron chi connectivity index (χ2n) is 7.16. The van der Waals surface area contributed by atoms with E-state index in [4.69, 9.17) is 4.74 Å². The summed E-state index contributed by atoms with van der Waals surface area (Å²) in [6.07, 6.45) is 6.65. The van der Waals surface area contributed by atoms with Crippen molar-refractivity contribution in [3.05, 3.63) is 54.1 Å². The fourth-order valence-corrected chi connectivity index (χ4v) is 3.88. The van der Waals surface area contributed by atoms with E-state index in [9.17, 15) is 4.79 Å². The Morgan fingerprint density at radius 2 is 1.60 bits per heavy atom. The van der Waals surface area contributed by atoms with Crippen molar-refractivity contribution in [1.29, 1.82) is 0 Å². The Kier molecular flexibility index (Phi) is 5.91. The van der Waals surface area contributed by atoms with Crippen LogP contribution in [0.15, 0.2) is 48.5 Å².